The van der Waals surface area contributed by atoms with Gasteiger partial charge < -0.3 is 15.8 Å². The summed E-state index contributed by atoms with van der Waals surface area (Å²) in [4.78, 5) is 12.4. The van der Waals surface area contributed by atoms with Crippen molar-refractivity contribution in [3.63, 3.8) is 0 Å². The molecule has 142 valence electrons. The highest BCUT2D eigenvalue weighted by molar-refractivity contribution is 6.29. The predicted octanol–water partition coefficient (Wildman–Crippen LogP) is 1.89. The predicted molar refractivity (Wildman–Crippen MR) is 101 cm³/mol. The van der Waals surface area contributed by atoms with Gasteiger partial charge in [0.25, 0.3) is 0 Å². The largest absolute Gasteiger partial charge is 0.374 e. The molecule has 2 aromatic heterocycles. The molecule has 0 aliphatic rings. The summed E-state index contributed by atoms with van der Waals surface area (Å²) in [5, 5.41) is 15.6. The summed E-state index contributed by atoms with van der Waals surface area (Å²) < 4.78 is 7.29. The molecule has 0 radical (unpaired) electrons. The lowest BCUT2D eigenvalue weighted by Gasteiger charge is -2.23. The first-order chi connectivity index (χ1) is 12.8. The third-order valence-corrected chi connectivity index (χ3v) is 4.05. The maximum atomic E-state index is 12.4. The molecule has 1 amide bonds. The van der Waals surface area contributed by atoms with Crippen molar-refractivity contribution in [2.45, 2.75) is 32.0 Å². The maximum Gasteiger partial charge on any atom is 0.240 e. The Morgan fingerprint density at radius 1 is 1.26 bits per heavy atom. The number of benzene rings is 1. The first kappa shape index (κ1) is 19.2. The zero-order valence-electron chi connectivity index (χ0n) is 15.1. The summed E-state index contributed by atoms with van der Waals surface area (Å²) in [6, 6.07) is 12.5. The number of rotatable bonds is 7. The fourth-order valence-electron chi connectivity index (χ4n) is 2.39. The van der Waals surface area contributed by atoms with Crippen molar-refractivity contribution in [2.75, 3.05) is 6.61 Å². The SMILES string of the molecule is CC(C)(N)C(=O)N[C@H](COCc1ccccc1)c1nnc2ccc(Cl)nn12. The summed E-state index contributed by atoms with van der Waals surface area (Å²) in [5.41, 5.74) is 6.39. The fraction of sp³-hybridized carbons (Fsp3) is 0.333. The van der Waals surface area contributed by atoms with Crippen LogP contribution in [0.25, 0.3) is 5.65 Å². The summed E-state index contributed by atoms with van der Waals surface area (Å²) in [5.74, 6) is 0.0766. The molecule has 0 saturated heterocycles. The van der Waals surface area contributed by atoms with Gasteiger partial charge in [-0.05, 0) is 31.5 Å². The minimum atomic E-state index is -1.05. The number of fused-ring (bicyclic) bond motifs is 1. The highest BCUT2D eigenvalue weighted by atomic mass is 35.5. The molecule has 0 bridgehead atoms. The molecule has 1 atom stereocenters. The Kier molecular flexibility index (Phi) is 5.69. The summed E-state index contributed by atoms with van der Waals surface area (Å²) in [6.45, 7) is 3.82. The van der Waals surface area contributed by atoms with E-state index in [-0.39, 0.29) is 17.7 Å². The van der Waals surface area contributed by atoms with E-state index in [1.807, 2.05) is 30.3 Å². The van der Waals surface area contributed by atoms with Gasteiger partial charge in [0.2, 0.25) is 5.91 Å². The molecule has 0 saturated carbocycles. The second kappa shape index (κ2) is 7.99. The second-order valence-corrected chi connectivity index (χ2v) is 7.12. The number of nitrogens with zero attached hydrogens (tertiary/aromatic N) is 4. The van der Waals surface area contributed by atoms with Gasteiger partial charge in [-0.2, -0.15) is 9.61 Å². The van der Waals surface area contributed by atoms with Crippen molar-refractivity contribution in [1.82, 2.24) is 25.1 Å². The van der Waals surface area contributed by atoms with Gasteiger partial charge >= 0.3 is 0 Å². The molecular formula is C18H21ClN6O2. The van der Waals surface area contributed by atoms with E-state index in [9.17, 15) is 4.79 Å². The molecule has 0 unspecified atom stereocenters. The average Bonchev–Trinajstić information content (AvgIpc) is 3.03. The van der Waals surface area contributed by atoms with E-state index >= 15 is 0 Å². The maximum absolute atomic E-state index is 12.4. The van der Waals surface area contributed by atoms with E-state index < -0.39 is 11.6 Å². The van der Waals surface area contributed by atoms with Gasteiger partial charge in [-0.25, -0.2) is 0 Å². The van der Waals surface area contributed by atoms with Gasteiger partial charge in [0.15, 0.2) is 11.5 Å². The summed E-state index contributed by atoms with van der Waals surface area (Å²) in [7, 11) is 0. The van der Waals surface area contributed by atoms with Crippen LogP contribution in [0.1, 0.15) is 31.3 Å². The van der Waals surface area contributed by atoms with Crippen LogP contribution in [0.2, 0.25) is 5.15 Å². The summed E-state index contributed by atoms with van der Waals surface area (Å²) >= 11 is 5.99. The lowest BCUT2D eigenvalue weighted by molar-refractivity contribution is -0.126. The number of amides is 1. The normalized spacial score (nSPS) is 12.9. The van der Waals surface area contributed by atoms with Gasteiger partial charge in [-0.15, -0.1) is 10.2 Å². The molecule has 3 aromatic rings. The van der Waals surface area contributed by atoms with Gasteiger partial charge in [0.05, 0.1) is 18.8 Å². The Hall–Kier alpha value is -2.55. The number of hydrogen-bond donors (Lipinski definition) is 2. The number of aromatic nitrogens is 4. The number of ether oxygens (including phenoxy) is 1. The Labute approximate surface area is 161 Å². The van der Waals surface area contributed by atoms with E-state index in [0.717, 1.165) is 5.56 Å². The van der Waals surface area contributed by atoms with Crippen molar-refractivity contribution in [2.24, 2.45) is 5.73 Å². The highest BCUT2D eigenvalue weighted by Crippen LogP contribution is 2.16. The van der Waals surface area contributed by atoms with Crippen molar-refractivity contribution in [3.8, 4) is 0 Å². The molecule has 3 rings (SSSR count). The number of hydrogen-bond acceptors (Lipinski definition) is 6. The van der Waals surface area contributed by atoms with Gasteiger partial charge in [-0.1, -0.05) is 41.9 Å². The fourth-order valence-corrected chi connectivity index (χ4v) is 2.53. The van der Waals surface area contributed by atoms with E-state index in [2.05, 4.69) is 20.6 Å². The average molecular weight is 389 g/mol. The smallest absolute Gasteiger partial charge is 0.240 e. The first-order valence-corrected chi connectivity index (χ1v) is 8.82. The molecule has 3 N–H and O–H groups in total. The molecule has 0 fully saturated rings. The first-order valence-electron chi connectivity index (χ1n) is 8.44. The van der Waals surface area contributed by atoms with Crippen LogP contribution < -0.4 is 11.1 Å². The Bertz CT molecular complexity index is 922. The molecule has 1 aromatic carbocycles. The van der Waals surface area contributed by atoms with Crippen molar-refractivity contribution in [1.29, 1.82) is 0 Å². The molecule has 2 heterocycles. The third kappa shape index (κ3) is 4.79. The van der Waals surface area contributed by atoms with Crippen LogP contribution >= 0.6 is 11.6 Å². The van der Waals surface area contributed by atoms with Crippen molar-refractivity contribution >= 4 is 23.2 Å². The summed E-state index contributed by atoms with van der Waals surface area (Å²) in [6.07, 6.45) is 0. The standard InChI is InChI=1S/C18H21ClN6O2/c1-18(2,20)17(26)21-13(11-27-10-12-6-4-3-5-7-12)16-23-22-15-9-8-14(19)24-25(15)16/h3-9,13H,10-11,20H2,1-2H3,(H,21,26)/t13-/m1/s1. The minimum absolute atomic E-state index is 0.172. The van der Waals surface area contributed by atoms with Crippen LogP contribution in [0, 0.1) is 0 Å². The molecular weight excluding hydrogens is 368 g/mol. The van der Waals surface area contributed by atoms with E-state index in [1.54, 1.807) is 26.0 Å². The topological polar surface area (TPSA) is 107 Å². The van der Waals surface area contributed by atoms with E-state index in [1.165, 1.54) is 4.52 Å². The Morgan fingerprint density at radius 2 is 2.00 bits per heavy atom. The van der Waals surface area contributed by atoms with E-state index in [4.69, 9.17) is 22.1 Å². The quantitative estimate of drug-likeness (QED) is 0.640. The molecule has 9 heteroatoms. The zero-order chi connectivity index (χ0) is 19.4. The Balaban J connectivity index is 1.82. The number of nitrogens with one attached hydrogen (secondary N) is 1. The number of halogens is 1. The molecule has 0 aliphatic heterocycles. The van der Waals surface area contributed by atoms with Crippen LogP contribution in [-0.2, 0) is 16.1 Å². The third-order valence-electron chi connectivity index (χ3n) is 3.85. The monoisotopic (exact) mass is 388 g/mol. The molecule has 27 heavy (non-hydrogen) atoms. The van der Waals surface area contributed by atoms with Crippen LogP contribution in [0.3, 0.4) is 0 Å². The van der Waals surface area contributed by atoms with Crippen molar-refractivity contribution in [3.05, 3.63) is 59.0 Å². The minimum Gasteiger partial charge on any atom is -0.374 e. The van der Waals surface area contributed by atoms with E-state index in [0.29, 0.717) is 18.1 Å². The molecule has 8 nitrogen and oxygen atoms in total. The lowest BCUT2D eigenvalue weighted by Crippen LogP contribution is -2.51. The van der Waals surface area contributed by atoms with Crippen LogP contribution in [0.5, 0.6) is 0 Å². The van der Waals surface area contributed by atoms with Crippen LogP contribution in [-0.4, -0.2) is 37.9 Å². The van der Waals surface area contributed by atoms with Gasteiger partial charge in [-0.3, -0.25) is 4.79 Å². The number of carbonyl (C=O) groups is 1. The highest BCUT2D eigenvalue weighted by Gasteiger charge is 2.28. The zero-order valence-corrected chi connectivity index (χ0v) is 15.8. The Morgan fingerprint density at radius 3 is 2.70 bits per heavy atom. The van der Waals surface area contributed by atoms with Gasteiger partial charge in [0.1, 0.15) is 11.2 Å². The number of carbonyl (C=O) groups excluding carboxylic acids is 1. The van der Waals surface area contributed by atoms with Crippen LogP contribution in [0.15, 0.2) is 42.5 Å². The lowest BCUT2D eigenvalue weighted by atomic mass is 10.1. The van der Waals surface area contributed by atoms with Crippen LogP contribution in [0.4, 0.5) is 0 Å². The second-order valence-electron chi connectivity index (χ2n) is 6.73. The molecule has 0 aliphatic carbocycles. The van der Waals surface area contributed by atoms with Gasteiger partial charge in [0, 0.05) is 0 Å². The molecule has 0 spiro atoms. The number of nitrogens with two attached hydrogens (primary N) is 1. The van der Waals surface area contributed by atoms with Crippen molar-refractivity contribution < 1.29 is 9.53 Å².